The van der Waals surface area contributed by atoms with E-state index in [1.165, 1.54) is 11.7 Å². The Kier molecular flexibility index (Phi) is 4.17. The van der Waals surface area contributed by atoms with Gasteiger partial charge < -0.3 is 5.11 Å². The molecular weight excluding hydrogens is 303 g/mol. The van der Waals surface area contributed by atoms with Gasteiger partial charge in [0.15, 0.2) is 11.0 Å². The number of aromatic nitrogens is 3. The fourth-order valence-electron chi connectivity index (χ4n) is 1.58. The Morgan fingerprint density at radius 1 is 1.57 bits per heavy atom. The summed E-state index contributed by atoms with van der Waals surface area (Å²) in [4.78, 5) is 24.8. The van der Waals surface area contributed by atoms with Crippen LogP contribution in [0.4, 0.5) is 10.1 Å². The van der Waals surface area contributed by atoms with Crippen LogP contribution in [-0.2, 0) is 11.8 Å². The Labute approximate surface area is 121 Å². The van der Waals surface area contributed by atoms with Crippen molar-refractivity contribution in [2.45, 2.75) is 5.16 Å². The molecule has 0 unspecified atom stereocenters. The molecule has 0 aliphatic rings. The first kappa shape index (κ1) is 14.9. The zero-order chi connectivity index (χ0) is 15.6. The summed E-state index contributed by atoms with van der Waals surface area (Å²) in [6.07, 6.45) is 0. The highest BCUT2D eigenvalue weighted by molar-refractivity contribution is 7.99. The van der Waals surface area contributed by atoms with Crippen LogP contribution in [0.3, 0.4) is 0 Å². The summed E-state index contributed by atoms with van der Waals surface area (Å²) >= 11 is 0.915. The van der Waals surface area contributed by atoms with Crippen LogP contribution in [-0.4, -0.2) is 36.5 Å². The third kappa shape index (κ3) is 3.34. The maximum atomic E-state index is 13.3. The highest BCUT2D eigenvalue weighted by Crippen LogP contribution is 2.29. The van der Waals surface area contributed by atoms with E-state index in [2.05, 4.69) is 10.1 Å². The van der Waals surface area contributed by atoms with Gasteiger partial charge in [-0.3, -0.25) is 14.9 Å². The van der Waals surface area contributed by atoms with Crippen LogP contribution in [0.1, 0.15) is 0 Å². The molecular formula is C11H9FN4O4S. The minimum atomic E-state index is -1.03. The number of carbonyl (C=O) groups is 1. The van der Waals surface area contributed by atoms with E-state index in [1.807, 2.05) is 0 Å². The number of benzene rings is 1. The molecule has 2 rings (SSSR count). The Bertz CT molecular complexity index is 718. The van der Waals surface area contributed by atoms with E-state index in [0.717, 1.165) is 30.0 Å². The second kappa shape index (κ2) is 5.87. The first-order valence-electron chi connectivity index (χ1n) is 5.58. The van der Waals surface area contributed by atoms with Gasteiger partial charge in [0.25, 0.3) is 5.69 Å². The highest BCUT2D eigenvalue weighted by Gasteiger charge is 2.21. The summed E-state index contributed by atoms with van der Waals surface area (Å²) in [5.41, 5.74) is -0.380. The van der Waals surface area contributed by atoms with E-state index in [0.29, 0.717) is 0 Å². The number of nitrogens with zero attached hydrogens (tertiary/aromatic N) is 4. The SMILES string of the molecule is Cn1nc(-c2cc(F)ccc2[N+](=O)[O-])nc1SCC(=O)O. The zero-order valence-corrected chi connectivity index (χ0v) is 11.5. The average Bonchev–Trinajstić information content (AvgIpc) is 2.77. The van der Waals surface area contributed by atoms with E-state index in [1.54, 1.807) is 0 Å². The number of carboxylic acids is 1. The van der Waals surface area contributed by atoms with Gasteiger partial charge in [-0.05, 0) is 12.1 Å². The molecule has 8 nitrogen and oxygen atoms in total. The summed E-state index contributed by atoms with van der Waals surface area (Å²) in [5, 5.41) is 23.8. The molecule has 0 atom stereocenters. The molecule has 1 heterocycles. The molecule has 110 valence electrons. The van der Waals surface area contributed by atoms with Crippen LogP contribution in [0.2, 0.25) is 0 Å². The first-order chi connectivity index (χ1) is 9.88. The second-order valence-electron chi connectivity index (χ2n) is 3.94. The van der Waals surface area contributed by atoms with Gasteiger partial charge in [-0.15, -0.1) is 5.10 Å². The fourth-order valence-corrected chi connectivity index (χ4v) is 2.21. The van der Waals surface area contributed by atoms with E-state index >= 15 is 0 Å². The van der Waals surface area contributed by atoms with Crippen molar-refractivity contribution in [3.05, 3.63) is 34.1 Å². The number of rotatable bonds is 5. The predicted molar refractivity (Wildman–Crippen MR) is 71.4 cm³/mol. The number of thioether (sulfide) groups is 1. The summed E-state index contributed by atoms with van der Waals surface area (Å²) in [5.74, 6) is -1.93. The molecule has 0 saturated carbocycles. The lowest BCUT2D eigenvalue weighted by atomic mass is 10.1. The molecule has 0 aliphatic carbocycles. The number of hydrogen-bond acceptors (Lipinski definition) is 6. The number of aliphatic carboxylic acids is 1. The molecule has 0 amide bonds. The molecule has 0 bridgehead atoms. The van der Waals surface area contributed by atoms with E-state index < -0.39 is 16.7 Å². The second-order valence-corrected chi connectivity index (χ2v) is 4.89. The zero-order valence-electron chi connectivity index (χ0n) is 10.7. The Hall–Kier alpha value is -2.49. The number of hydrogen-bond donors (Lipinski definition) is 1. The van der Waals surface area contributed by atoms with Crippen molar-refractivity contribution in [1.29, 1.82) is 0 Å². The molecule has 1 aromatic carbocycles. The van der Waals surface area contributed by atoms with Crippen LogP contribution >= 0.6 is 11.8 Å². The molecule has 10 heteroatoms. The van der Waals surface area contributed by atoms with Crippen LogP contribution in [0, 0.1) is 15.9 Å². The first-order valence-corrected chi connectivity index (χ1v) is 6.57. The maximum Gasteiger partial charge on any atom is 0.313 e. The number of aryl methyl sites for hydroxylation is 1. The molecule has 0 saturated heterocycles. The van der Waals surface area contributed by atoms with Crippen LogP contribution in [0.25, 0.3) is 11.4 Å². The van der Waals surface area contributed by atoms with E-state index in [4.69, 9.17) is 5.11 Å². The van der Waals surface area contributed by atoms with Gasteiger partial charge in [-0.2, -0.15) is 0 Å². The minimum Gasteiger partial charge on any atom is -0.481 e. The minimum absolute atomic E-state index is 0.0309. The van der Waals surface area contributed by atoms with Gasteiger partial charge in [0.1, 0.15) is 11.4 Å². The predicted octanol–water partition coefficient (Wildman–Crippen LogP) is 1.71. The summed E-state index contributed by atoms with van der Waals surface area (Å²) in [6, 6.07) is 2.98. The molecule has 21 heavy (non-hydrogen) atoms. The molecule has 0 radical (unpaired) electrons. The van der Waals surface area contributed by atoms with Crippen molar-refractivity contribution in [3.8, 4) is 11.4 Å². The van der Waals surface area contributed by atoms with Crippen LogP contribution < -0.4 is 0 Å². The Balaban J connectivity index is 2.43. The maximum absolute atomic E-state index is 13.3. The van der Waals surface area contributed by atoms with Gasteiger partial charge in [-0.1, -0.05) is 11.8 Å². The van der Waals surface area contributed by atoms with Crippen LogP contribution in [0.15, 0.2) is 23.4 Å². The van der Waals surface area contributed by atoms with Crippen molar-refractivity contribution in [2.24, 2.45) is 7.05 Å². The third-order valence-electron chi connectivity index (χ3n) is 2.44. The lowest BCUT2D eigenvalue weighted by Crippen LogP contribution is -2.00. The van der Waals surface area contributed by atoms with Gasteiger partial charge in [0.05, 0.1) is 10.7 Å². The summed E-state index contributed by atoms with van der Waals surface area (Å²) in [6.45, 7) is 0. The lowest BCUT2D eigenvalue weighted by molar-refractivity contribution is -0.384. The van der Waals surface area contributed by atoms with Crippen molar-refractivity contribution < 1.29 is 19.2 Å². The number of halogens is 1. The Morgan fingerprint density at radius 3 is 2.90 bits per heavy atom. The average molecular weight is 312 g/mol. The summed E-state index contributed by atoms with van der Waals surface area (Å²) in [7, 11) is 1.52. The molecule has 0 aliphatic heterocycles. The third-order valence-corrected chi connectivity index (χ3v) is 3.45. The largest absolute Gasteiger partial charge is 0.481 e. The quantitative estimate of drug-likeness (QED) is 0.508. The Morgan fingerprint density at radius 2 is 2.29 bits per heavy atom. The van der Waals surface area contributed by atoms with Gasteiger partial charge >= 0.3 is 5.97 Å². The fraction of sp³-hybridized carbons (Fsp3) is 0.182. The van der Waals surface area contributed by atoms with Gasteiger partial charge in [0, 0.05) is 13.1 Å². The van der Waals surface area contributed by atoms with E-state index in [-0.39, 0.29) is 28.0 Å². The smallest absolute Gasteiger partial charge is 0.313 e. The standard InChI is InChI=1S/C11H9FN4O4S/c1-15-11(21-5-9(17)18)13-10(14-15)7-4-6(12)2-3-8(7)16(19)20/h2-4H,5H2,1H3,(H,17,18). The normalized spacial score (nSPS) is 10.6. The molecule has 1 N–H and O–H groups in total. The number of carboxylic acid groups (broad SMARTS) is 1. The molecule has 2 aromatic rings. The van der Waals surface area contributed by atoms with Crippen molar-refractivity contribution >= 4 is 23.4 Å². The van der Waals surface area contributed by atoms with Gasteiger partial charge in [-0.25, -0.2) is 14.1 Å². The van der Waals surface area contributed by atoms with E-state index in [9.17, 15) is 19.3 Å². The number of nitro groups is 1. The molecule has 0 fully saturated rings. The van der Waals surface area contributed by atoms with Crippen molar-refractivity contribution in [2.75, 3.05) is 5.75 Å². The summed E-state index contributed by atoms with van der Waals surface area (Å²) < 4.78 is 14.6. The topological polar surface area (TPSA) is 111 Å². The number of nitro benzene ring substituents is 1. The van der Waals surface area contributed by atoms with Crippen molar-refractivity contribution in [1.82, 2.24) is 14.8 Å². The lowest BCUT2D eigenvalue weighted by Gasteiger charge is -1.98. The molecule has 0 spiro atoms. The monoisotopic (exact) mass is 312 g/mol. The highest BCUT2D eigenvalue weighted by atomic mass is 32.2. The van der Waals surface area contributed by atoms with Crippen molar-refractivity contribution in [3.63, 3.8) is 0 Å². The molecule has 1 aromatic heterocycles. The van der Waals surface area contributed by atoms with Gasteiger partial charge in [0.2, 0.25) is 0 Å². The van der Waals surface area contributed by atoms with Crippen LogP contribution in [0.5, 0.6) is 0 Å².